The van der Waals surface area contributed by atoms with Gasteiger partial charge in [0.25, 0.3) is 5.91 Å². The van der Waals surface area contributed by atoms with Gasteiger partial charge in [0.15, 0.2) is 0 Å². The summed E-state index contributed by atoms with van der Waals surface area (Å²) in [5.74, 6) is -0.351. The number of carbonyl (C=O) groups is 1. The molecule has 0 bridgehead atoms. The van der Waals surface area contributed by atoms with Crippen molar-refractivity contribution < 1.29 is 4.79 Å². The monoisotopic (exact) mass is 378 g/mol. The Labute approximate surface area is 153 Å². The molecule has 0 atom stereocenters. The van der Waals surface area contributed by atoms with Crippen LogP contribution in [0.15, 0.2) is 36.8 Å². The number of anilines is 1. The van der Waals surface area contributed by atoms with Gasteiger partial charge in [-0.15, -0.1) is 0 Å². The highest BCUT2D eigenvalue weighted by Gasteiger charge is 2.22. The van der Waals surface area contributed by atoms with E-state index in [4.69, 9.17) is 23.4 Å². The minimum Gasteiger partial charge on any atom is -0.267 e. The minimum atomic E-state index is -0.351. The number of hydrogen-bond acceptors (Lipinski definition) is 5. The molecule has 24 heavy (non-hydrogen) atoms. The molecule has 5 nitrogen and oxygen atoms in total. The van der Waals surface area contributed by atoms with Gasteiger partial charge in [0, 0.05) is 41.0 Å². The second kappa shape index (κ2) is 6.84. The number of halogens is 2. The van der Waals surface area contributed by atoms with Gasteiger partial charge in [-0.2, -0.15) is 4.42 Å². The summed E-state index contributed by atoms with van der Waals surface area (Å²) < 4.78 is 1.02. The van der Waals surface area contributed by atoms with Gasteiger partial charge < -0.3 is 0 Å². The third-order valence-electron chi connectivity index (χ3n) is 3.34. The van der Waals surface area contributed by atoms with Crippen LogP contribution in [0.4, 0.5) is 5.13 Å². The Kier molecular flexibility index (Phi) is 4.80. The Bertz CT molecular complexity index is 913. The first kappa shape index (κ1) is 16.8. The zero-order valence-corrected chi connectivity index (χ0v) is 15.2. The van der Waals surface area contributed by atoms with Crippen LogP contribution in [0.25, 0.3) is 10.6 Å². The molecule has 3 aromatic heterocycles. The lowest BCUT2D eigenvalue weighted by molar-refractivity contribution is 0.100. The first-order valence-electron chi connectivity index (χ1n) is 6.97. The summed E-state index contributed by atoms with van der Waals surface area (Å²) in [6.45, 7) is 3.64. The van der Waals surface area contributed by atoms with Gasteiger partial charge in [0.05, 0.1) is 16.3 Å². The fraction of sp³-hybridized carbons (Fsp3) is 0.125. The number of thiazole rings is 1. The molecule has 3 rings (SSSR count). The number of pyridine rings is 2. The fourth-order valence-electron chi connectivity index (χ4n) is 2.14. The molecule has 0 aliphatic rings. The maximum atomic E-state index is 12.6. The Balaban J connectivity index is 1.95. The van der Waals surface area contributed by atoms with Gasteiger partial charge in [0.1, 0.15) is 0 Å². The number of nitrogens with zero attached hydrogens (tertiary/aromatic N) is 4. The second-order valence-corrected chi connectivity index (χ2v) is 6.80. The van der Waals surface area contributed by atoms with Gasteiger partial charge in [-0.25, -0.2) is 4.98 Å². The normalized spacial score (nSPS) is 10.7. The predicted molar refractivity (Wildman–Crippen MR) is 96.7 cm³/mol. The Morgan fingerprint density at radius 3 is 2.75 bits per heavy atom. The largest absolute Gasteiger partial charge is 0.275 e. The third kappa shape index (κ3) is 3.26. The molecule has 0 aliphatic carbocycles. The van der Waals surface area contributed by atoms with Crippen molar-refractivity contribution in [2.75, 3.05) is 4.42 Å². The molecule has 0 radical (unpaired) electrons. The Hall–Kier alpha value is -2.02. The zero-order chi connectivity index (χ0) is 17.3. The summed E-state index contributed by atoms with van der Waals surface area (Å²) in [6, 6.07) is 5.08. The molecule has 0 aliphatic heterocycles. The van der Waals surface area contributed by atoms with E-state index in [0.29, 0.717) is 21.4 Å². The molecule has 0 unspecified atom stereocenters. The molecule has 0 N–H and O–H groups in total. The summed E-state index contributed by atoms with van der Waals surface area (Å²) in [5.41, 5.74) is 2.66. The molecular weight excluding hydrogens is 367 g/mol. The average molecular weight is 379 g/mol. The number of carbonyl (C=O) groups excluding carboxylic acids is 1. The summed E-state index contributed by atoms with van der Waals surface area (Å²) in [7, 11) is 0. The highest BCUT2D eigenvalue weighted by Crippen LogP contribution is 2.35. The van der Waals surface area contributed by atoms with Crippen molar-refractivity contribution in [2.45, 2.75) is 13.8 Å². The van der Waals surface area contributed by atoms with E-state index in [9.17, 15) is 4.79 Å². The van der Waals surface area contributed by atoms with Crippen LogP contribution in [0.2, 0.25) is 5.02 Å². The van der Waals surface area contributed by atoms with E-state index in [1.807, 2.05) is 6.92 Å². The topological polar surface area (TPSA) is 59.0 Å². The van der Waals surface area contributed by atoms with Crippen LogP contribution in [-0.2, 0) is 0 Å². The van der Waals surface area contributed by atoms with Crippen molar-refractivity contribution in [2.24, 2.45) is 0 Å². The van der Waals surface area contributed by atoms with E-state index in [1.165, 1.54) is 11.3 Å². The summed E-state index contributed by atoms with van der Waals surface area (Å²) in [5, 5.41) is 0.965. The van der Waals surface area contributed by atoms with Crippen LogP contribution in [-0.4, -0.2) is 20.9 Å². The predicted octanol–water partition coefficient (Wildman–Crippen LogP) is 4.67. The van der Waals surface area contributed by atoms with Crippen molar-refractivity contribution >= 4 is 45.8 Å². The molecule has 3 aromatic rings. The number of hydrogen-bond donors (Lipinski definition) is 0. The molecule has 0 spiro atoms. The summed E-state index contributed by atoms with van der Waals surface area (Å²) in [6.07, 6.45) is 4.80. The van der Waals surface area contributed by atoms with Crippen molar-refractivity contribution in [3.05, 3.63) is 58.6 Å². The smallest absolute Gasteiger partial charge is 0.267 e. The first-order chi connectivity index (χ1) is 11.5. The molecule has 1 amide bonds. The lowest BCUT2D eigenvalue weighted by atomic mass is 10.1. The zero-order valence-electron chi connectivity index (χ0n) is 12.8. The van der Waals surface area contributed by atoms with E-state index in [0.717, 1.165) is 20.6 Å². The van der Waals surface area contributed by atoms with Crippen LogP contribution in [0, 0.1) is 13.8 Å². The molecule has 0 saturated heterocycles. The fourth-order valence-corrected chi connectivity index (χ4v) is 3.47. The van der Waals surface area contributed by atoms with Gasteiger partial charge in [-0.3, -0.25) is 14.8 Å². The van der Waals surface area contributed by atoms with Crippen molar-refractivity contribution in [3.8, 4) is 10.6 Å². The Morgan fingerprint density at radius 1 is 1.25 bits per heavy atom. The number of aryl methyl sites for hydroxylation is 2. The molecule has 0 fully saturated rings. The second-order valence-electron chi connectivity index (χ2n) is 5.05. The van der Waals surface area contributed by atoms with Gasteiger partial charge in [-0.1, -0.05) is 22.9 Å². The molecule has 0 aromatic carbocycles. The minimum absolute atomic E-state index is 0.351. The number of rotatable bonds is 3. The van der Waals surface area contributed by atoms with Crippen LogP contribution < -0.4 is 4.42 Å². The van der Waals surface area contributed by atoms with E-state index < -0.39 is 0 Å². The molecule has 3 heterocycles. The van der Waals surface area contributed by atoms with Crippen LogP contribution in [0.1, 0.15) is 21.6 Å². The number of aromatic nitrogens is 3. The quantitative estimate of drug-likeness (QED) is 0.621. The molecule has 122 valence electrons. The van der Waals surface area contributed by atoms with Crippen LogP contribution >= 0.6 is 34.7 Å². The number of amides is 1. The van der Waals surface area contributed by atoms with Crippen LogP contribution in [0.3, 0.4) is 0 Å². The highest BCUT2D eigenvalue weighted by atomic mass is 35.5. The van der Waals surface area contributed by atoms with E-state index in [2.05, 4.69) is 15.0 Å². The first-order valence-corrected chi connectivity index (χ1v) is 8.51. The lowest BCUT2D eigenvalue weighted by Gasteiger charge is -2.11. The standard InChI is InChI=1S/C16H12Cl2N4OS/c1-9-8-19-5-4-12(9)15(23)22(18)16-21-10(2)14(24-16)13-7-11(17)3-6-20-13/h3-8H,1-2H3. The molecule has 0 saturated carbocycles. The van der Waals surface area contributed by atoms with E-state index in [1.54, 1.807) is 43.7 Å². The average Bonchev–Trinajstić information content (AvgIpc) is 2.96. The van der Waals surface area contributed by atoms with Crippen molar-refractivity contribution in [1.82, 2.24) is 15.0 Å². The Morgan fingerprint density at radius 2 is 2.04 bits per heavy atom. The van der Waals surface area contributed by atoms with Gasteiger partial charge in [-0.05, 0) is 37.6 Å². The third-order valence-corrected chi connectivity index (χ3v) is 5.15. The summed E-state index contributed by atoms with van der Waals surface area (Å²) in [4.78, 5) is 26.0. The van der Waals surface area contributed by atoms with Crippen LogP contribution in [0.5, 0.6) is 0 Å². The van der Waals surface area contributed by atoms with Gasteiger partial charge in [0.2, 0.25) is 5.13 Å². The molecular formula is C16H12Cl2N4OS. The maximum absolute atomic E-state index is 12.6. The van der Waals surface area contributed by atoms with E-state index >= 15 is 0 Å². The van der Waals surface area contributed by atoms with Gasteiger partial charge >= 0.3 is 0 Å². The summed E-state index contributed by atoms with van der Waals surface area (Å²) >= 11 is 13.5. The lowest BCUT2D eigenvalue weighted by Crippen LogP contribution is -2.21. The molecule has 8 heteroatoms. The highest BCUT2D eigenvalue weighted by molar-refractivity contribution is 7.19. The van der Waals surface area contributed by atoms with Crippen molar-refractivity contribution in [1.29, 1.82) is 0 Å². The van der Waals surface area contributed by atoms with Crippen molar-refractivity contribution in [3.63, 3.8) is 0 Å². The maximum Gasteiger partial charge on any atom is 0.275 e. The van der Waals surface area contributed by atoms with E-state index in [-0.39, 0.29) is 5.91 Å². The SMILES string of the molecule is Cc1cnccc1C(=O)N(Cl)c1nc(C)c(-c2cc(Cl)ccn2)s1.